The molecule has 0 aliphatic carbocycles. The molecule has 0 spiro atoms. The number of benzene rings is 1. The predicted octanol–water partition coefficient (Wildman–Crippen LogP) is 3.49. The van der Waals surface area contributed by atoms with Crippen molar-refractivity contribution in [1.82, 2.24) is 15.5 Å². The van der Waals surface area contributed by atoms with Gasteiger partial charge in [0.2, 0.25) is 10.0 Å². The summed E-state index contributed by atoms with van der Waals surface area (Å²) < 4.78 is 31.0. The maximum Gasteiger partial charge on any atom is 0.407 e. The molecule has 0 fully saturated rings. The lowest BCUT2D eigenvalue weighted by Gasteiger charge is -2.28. The van der Waals surface area contributed by atoms with E-state index in [-0.39, 0.29) is 23.8 Å². The Hall–Kier alpha value is -2.75. The summed E-state index contributed by atoms with van der Waals surface area (Å²) in [7, 11) is -1.68. The molecule has 2 aromatic rings. The van der Waals surface area contributed by atoms with Crippen LogP contribution >= 0.6 is 0 Å². The number of amides is 1. The van der Waals surface area contributed by atoms with E-state index in [1.165, 1.54) is 4.31 Å². The van der Waals surface area contributed by atoms with Crippen molar-refractivity contribution in [2.75, 3.05) is 22.4 Å². The van der Waals surface area contributed by atoms with E-state index in [0.29, 0.717) is 24.3 Å². The van der Waals surface area contributed by atoms with Gasteiger partial charge in [0.05, 0.1) is 11.4 Å². The van der Waals surface area contributed by atoms with Gasteiger partial charge in [0.1, 0.15) is 6.10 Å². The molecule has 31 heavy (non-hydrogen) atoms. The van der Waals surface area contributed by atoms with Crippen LogP contribution in [-0.2, 0) is 21.2 Å². The molecule has 1 amide bonds. The molecule has 10 heteroatoms. The average molecular weight is 450 g/mol. The zero-order valence-corrected chi connectivity index (χ0v) is 19.4. The SMILES string of the molecule is CC(C)NC(=O)OC(C)C[C@H](C)c1cc(Nc2cccc3c2CCS(=O)(=O)N3C)n[nH]1. The van der Waals surface area contributed by atoms with Gasteiger partial charge in [-0.05, 0) is 45.7 Å². The predicted molar refractivity (Wildman–Crippen MR) is 121 cm³/mol. The van der Waals surface area contributed by atoms with Gasteiger partial charge in [0, 0.05) is 42.0 Å². The van der Waals surface area contributed by atoms with E-state index in [1.807, 2.05) is 52.0 Å². The number of carbonyl (C=O) groups is 1. The first-order chi connectivity index (χ1) is 14.6. The third-order valence-corrected chi connectivity index (χ3v) is 7.06. The standard InChI is InChI=1S/C21H31N5O4S/c1-13(2)22-21(27)30-15(4)11-14(3)18-12-20(25-24-18)23-17-7-6-8-19-16(17)9-10-31(28,29)26(19)5/h6-8,12-15H,9-11H2,1-5H3,(H,22,27)(H2,23,24,25)/t14-,15?/m0/s1. The van der Waals surface area contributed by atoms with Gasteiger partial charge in [-0.2, -0.15) is 5.10 Å². The zero-order valence-electron chi connectivity index (χ0n) is 18.6. The summed E-state index contributed by atoms with van der Waals surface area (Å²) in [5.74, 6) is 0.837. The summed E-state index contributed by atoms with van der Waals surface area (Å²) in [6.07, 6.45) is 0.442. The molecule has 3 rings (SSSR count). The molecule has 1 aliphatic heterocycles. The first-order valence-corrected chi connectivity index (χ1v) is 12.1. The normalized spacial score (nSPS) is 17.0. The van der Waals surface area contributed by atoms with Gasteiger partial charge < -0.3 is 15.4 Å². The lowest BCUT2D eigenvalue weighted by Crippen LogP contribution is -2.34. The highest BCUT2D eigenvalue weighted by atomic mass is 32.2. The summed E-state index contributed by atoms with van der Waals surface area (Å²) >= 11 is 0. The highest BCUT2D eigenvalue weighted by molar-refractivity contribution is 7.92. The summed E-state index contributed by atoms with van der Waals surface area (Å²) in [6.45, 7) is 7.68. The molecule has 3 N–H and O–H groups in total. The Kier molecular flexibility index (Phi) is 6.78. The second-order valence-corrected chi connectivity index (χ2v) is 10.4. The largest absolute Gasteiger partial charge is 0.447 e. The molecule has 0 saturated heterocycles. The van der Waals surface area contributed by atoms with Crippen molar-refractivity contribution in [3.8, 4) is 0 Å². The van der Waals surface area contributed by atoms with E-state index in [1.54, 1.807) is 7.05 Å². The van der Waals surface area contributed by atoms with Crippen molar-refractivity contribution in [2.45, 2.75) is 58.6 Å². The average Bonchev–Trinajstić information content (AvgIpc) is 3.13. The fourth-order valence-corrected chi connectivity index (χ4v) is 4.89. The van der Waals surface area contributed by atoms with E-state index in [9.17, 15) is 13.2 Å². The maximum atomic E-state index is 12.2. The number of ether oxygens (including phenoxy) is 1. The first kappa shape index (κ1) is 22.9. The van der Waals surface area contributed by atoms with Crippen molar-refractivity contribution >= 4 is 33.3 Å². The Morgan fingerprint density at radius 3 is 2.74 bits per heavy atom. The molecule has 1 unspecified atom stereocenters. The number of aromatic amines is 1. The minimum atomic E-state index is -3.26. The van der Waals surface area contributed by atoms with Crippen LogP contribution in [0.5, 0.6) is 0 Å². The van der Waals surface area contributed by atoms with Crippen LogP contribution in [-0.4, -0.2) is 49.7 Å². The van der Waals surface area contributed by atoms with Crippen molar-refractivity contribution in [3.63, 3.8) is 0 Å². The Bertz CT molecular complexity index is 1030. The number of carbonyl (C=O) groups excluding carboxylic acids is 1. The van der Waals surface area contributed by atoms with Gasteiger partial charge >= 0.3 is 6.09 Å². The maximum absolute atomic E-state index is 12.2. The molecule has 0 saturated carbocycles. The Balaban J connectivity index is 1.66. The van der Waals surface area contributed by atoms with E-state index in [4.69, 9.17) is 4.74 Å². The Morgan fingerprint density at radius 2 is 2.03 bits per heavy atom. The number of sulfonamides is 1. The third-order valence-electron chi connectivity index (χ3n) is 5.31. The van der Waals surface area contributed by atoms with Gasteiger partial charge in [-0.1, -0.05) is 13.0 Å². The number of hydrogen-bond donors (Lipinski definition) is 3. The number of nitrogens with zero attached hydrogens (tertiary/aromatic N) is 2. The number of fused-ring (bicyclic) bond motifs is 1. The minimum Gasteiger partial charge on any atom is -0.447 e. The van der Waals surface area contributed by atoms with E-state index < -0.39 is 16.1 Å². The first-order valence-electron chi connectivity index (χ1n) is 10.4. The highest BCUT2D eigenvalue weighted by Gasteiger charge is 2.28. The Morgan fingerprint density at radius 1 is 1.29 bits per heavy atom. The number of alkyl carbamates (subject to hydrolysis) is 1. The van der Waals surface area contributed by atoms with Crippen LogP contribution in [0.1, 0.15) is 51.3 Å². The molecule has 1 aromatic heterocycles. The van der Waals surface area contributed by atoms with Gasteiger partial charge in [-0.15, -0.1) is 0 Å². The number of H-pyrrole nitrogens is 1. The molecule has 0 radical (unpaired) electrons. The van der Waals surface area contributed by atoms with Crippen LogP contribution in [0, 0.1) is 0 Å². The quantitative estimate of drug-likeness (QED) is 0.596. The summed E-state index contributed by atoms with van der Waals surface area (Å²) in [6, 6.07) is 7.52. The van der Waals surface area contributed by atoms with Gasteiger partial charge in [-0.3, -0.25) is 9.40 Å². The summed E-state index contributed by atoms with van der Waals surface area (Å²) in [5.41, 5.74) is 3.40. The van der Waals surface area contributed by atoms with E-state index in [2.05, 4.69) is 20.8 Å². The second-order valence-electron chi connectivity index (χ2n) is 8.32. The van der Waals surface area contributed by atoms with Gasteiger partial charge in [0.15, 0.2) is 5.82 Å². The number of aromatic nitrogens is 2. The fraction of sp³-hybridized carbons (Fsp3) is 0.524. The number of anilines is 3. The summed E-state index contributed by atoms with van der Waals surface area (Å²) in [5, 5.41) is 13.4. The second kappa shape index (κ2) is 9.17. The lowest BCUT2D eigenvalue weighted by molar-refractivity contribution is 0.0968. The van der Waals surface area contributed by atoms with Crippen LogP contribution in [0.25, 0.3) is 0 Å². The highest BCUT2D eigenvalue weighted by Crippen LogP contribution is 2.35. The molecule has 0 bridgehead atoms. The van der Waals surface area contributed by atoms with Crippen LogP contribution in [0.3, 0.4) is 0 Å². The fourth-order valence-electron chi connectivity index (χ4n) is 3.68. The number of rotatable bonds is 7. The van der Waals surface area contributed by atoms with Crippen molar-refractivity contribution in [1.29, 1.82) is 0 Å². The van der Waals surface area contributed by atoms with Gasteiger partial charge in [0.25, 0.3) is 0 Å². The van der Waals surface area contributed by atoms with Crippen LogP contribution < -0.4 is 14.9 Å². The molecular weight excluding hydrogens is 418 g/mol. The van der Waals surface area contributed by atoms with E-state index in [0.717, 1.165) is 16.9 Å². The van der Waals surface area contributed by atoms with Gasteiger partial charge in [-0.25, -0.2) is 13.2 Å². The van der Waals surface area contributed by atoms with Crippen LogP contribution in [0.15, 0.2) is 24.3 Å². The summed E-state index contributed by atoms with van der Waals surface area (Å²) in [4.78, 5) is 11.8. The molecule has 1 aromatic carbocycles. The number of hydrogen-bond acceptors (Lipinski definition) is 6. The Labute approximate surface area is 183 Å². The number of nitrogens with one attached hydrogen (secondary N) is 3. The molecule has 170 valence electrons. The van der Waals surface area contributed by atoms with Crippen LogP contribution in [0.2, 0.25) is 0 Å². The lowest BCUT2D eigenvalue weighted by atomic mass is 10.0. The molecule has 2 atom stereocenters. The minimum absolute atomic E-state index is 0.0296. The topological polar surface area (TPSA) is 116 Å². The monoisotopic (exact) mass is 449 g/mol. The van der Waals surface area contributed by atoms with Crippen molar-refractivity contribution in [3.05, 3.63) is 35.5 Å². The zero-order chi connectivity index (χ0) is 22.8. The van der Waals surface area contributed by atoms with E-state index >= 15 is 0 Å². The van der Waals surface area contributed by atoms with Crippen LogP contribution in [0.4, 0.5) is 22.0 Å². The molecule has 9 nitrogen and oxygen atoms in total. The smallest absolute Gasteiger partial charge is 0.407 e. The molecule has 2 heterocycles. The molecular formula is C21H31N5O4S. The third kappa shape index (κ3) is 5.49. The molecule has 1 aliphatic rings. The van der Waals surface area contributed by atoms with Crippen molar-refractivity contribution < 1.29 is 17.9 Å². The van der Waals surface area contributed by atoms with Crippen molar-refractivity contribution in [2.24, 2.45) is 0 Å².